The van der Waals surface area contributed by atoms with Gasteiger partial charge in [0.1, 0.15) is 18.5 Å². The molecule has 0 spiro atoms. The number of hydrogen-bond donors (Lipinski definition) is 0. The van der Waals surface area contributed by atoms with Gasteiger partial charge in [0.05, 0.1) is 5.92 Å². The van der Waals surface area contributed by atoms with Gasteiger partial charge in [-0.25, -0.2) is 0 Å². The maximum Gasteiger partial charge on any atom is 0.314 e. The summed E-state index contributed by atoms with van der Waals surface area (Å²) in [5.74, 6) is 0.261. The molecule has 0 saturated carbocycles. The van der Waals surface area contributed by atoms with E-state index >= 15 is 0 Å². The van der Waals surface area contributed by atoms with E-state index in [0.29, 0.717) is 18.1 Å². The molecule has 0 amide bonds. The number of benzene rings is 3. The summed E-state index contributed by atoms with van der Waals surface area (Å²) >= 11 is 5.96. The van der Waals surface area contributed by atoms with E-state index in [1.54, 1.807) is 0 Å². The molecule has 0 bridgehead atoms. The van der Waals surface area contributed by atoms with E-state index in [9.17, 15) is 4.79 Å². The van der Waals surface area contributed by atoms with Gasteiger partial charge in [-0.15, -0.1) is 0 Å². The molecule has 0 aliphatic carbocycles. The number of rotatable bonds is 8. The molecule has 3 aromatic rings. The molecule has 37 heavy (non-hydrogen) atoms. The van der Waals surface area contributed by atoms with Gasteiger partial charge in [-0.2, -0.15) is 0 Å². The van der Waals surface area contributed by atoms with Crippen LogP contribution in [-0.2, 0) is 22.6 Å². The summed E-state index contributed by atoms with van der Waals surface area (Å²) in [5, 5.41) is 0.711. The Labute approximate surface area is 226 Å². The molecule has 0 aromatic heterocycles. The summed E-state index contributed by atoms with van der Waals surface area (Å²) < 4.78 is 12.2. The monoisotopic (exact) mass is 519 g/mol. The van der Waals surface area contributed by atoms with Crippen LogP contribution in [0.1, 0.15) is 63.1 Å². The lowest BCUT2D eigenvalue weighted by Gasteiger charge is -2.53. The predicted octanol–water partition coefficient (Wildman–Crippen LogP) is 7.44. The van der Waals surface area contributed by atoms with Crippen LogP contribution in [0.4, 0.5) is 0 Å². The Balaban J connectivity index is 1.45. The van der Waals surface area contributed by atoms with E-state index in [-0.39, 0.29) is 29.1 Å². The van der Waals surface area contributed by atoms with Crippen LogP contribution in [0.2, 0.25) is 5.02 Å². The van der Waals surface area contributed by atoms with Crippen LogP contribution < -0.4 is 4.74 Å². The molecular weight excluding hydrogens is 482 g/mol. The van der Waals surface area contributed by atoms with Crippen molar-refractivity contribution in [2.24, 2.45) is 0 Å². The molecule has 1 atom stereocenters. The van der Waals surface area contributed by atoms with E-state index in [1.807, 2.05) is 78.9 Å². The normalized spacial score (nSPS) is 18.2. The second-order valence-corrected chi connectivity index (χ2v) is 11.8. The number of ether oxygens (including phenoxy) is 2. The number of nitrogens with zero attached hydrogens (tertiary/aromatic N) is 1. The third-order valence-corrected chi connectivity index (χ3v) is 7.97. The van der Waals surface area contributed by atoms with Crippen molar-refractivity contribution < 1.29 is 14.3 Å². The molecule has 1 aliphatic heterocycles. The molecule has 1 aliphatic rings. The molecule has 1 unspecified atom stereocenters. The second-order valence-electron chi connectivity index (χ2n) is 11.4. The number of carbonyl (C=O) groups is 1. The Morgan fingerprint density at radius 2 is 1.46 bits per heavy atom. The van der Waals surface area contributed by atoms with Crippen LogP contribution in [0, 0.1) is 0 Å². The third kappa shape index (κ3) is 6.94. The SMILES string of the molecule is CN1C(C)(C)CC(OC(=O)C(Cc2ccc(OCc3ccc(Cl)cc3)cc2)c2ccccc2)CC1(C)C. The zero-order valence-corrected chi connectivity index (χ0v) is 23.3. The maximum absolute atomic E-state index is 13.6. The van der Waals surface area contributed by atoms with E-state index in [1.165, 1.54) is 0 Å². The van der Waals surface area contributed by atoms with Gasteiger partial charge >= 0.3 is 5.97 Å². The van der Waals surface area contributed by atoms with Crippen molar-refractivity contribution in [1.29, 1.82) is 0 Å². The molecule has 1 heterocycles. The highest BCUT2D eigenvalue weighted by Crippen LogP contribution is 2.39. The van der Waals surface area contributed by atoms with Crippen molar-refractivity contribution >= 4 is 17.6 Å². The Morgan fingerprint density at radius 1 is 0.892 bits per heavy atom. The standard InChI is InChI=1S/C32H38ClNO3/c1-31(2)20-28(21-32(3,4)34(31)5)37-30(35)29(25-9-7-6-8-10-25)19-23-13-17-27(18-14-23)36-22-24-11-15-26(33)16-12-24/h6-18,28-29H,19-22H2,1-5H3. The first-order valence-corrected chi connectivity index (χ1v) is 13.4. The predicted molar refractivity (Wildman–Crippen MR) is 150 cm³/mol. The number of likely N-dealkylation sites (tertiary alicyclic amines) is 1. The van der Waals surface area contributed by atoms with E-state index in [2.05, 4.69) is 39.6 Å². The minimum absolute atomic E-state index is 0.0449. The molecule has 3 aromatic carbocycles. The van der Waals surface area contributed by atoms with Crippen LogP contribution in [-0.4, -0.2) is 35.1 Å². The van der Waals surface area contributed by atoms with Gasteiger partial charge in [0, 0.05) is 28.9 Å². The Kier molecular flexibility index (Phi) is 8.30. The van der Waals surface area contributed by atoms with Gasteiger partial charge in [0.15, 0.2) is 0 Å². The summed E-state index contributed by atoms with van der Waals surface area (Å²) in [7, 11) is 2.16. The molecule has 4 nitrogen and oxygen atoms in total. The summed E-state index contributed by atoms with van der Waals surface area (Å²) in [6, 6.07) is 25.6. The van der Waals surface area contributed by atoms with Crippen LogP contribution in [0.25, 0.3) is 0 Å². The van der Waals surface area contributed by atoms with Crippen molar-refractivity contribution in [3.05, 3.63) is 101 Å². The lowest BCUT2D eigenvalue weighted by molar-refractivity contribution is -0.160. The van der Waals surface area contributed by atoms with Crippen molar-refractivity contribution in [3.63, 3.8) is 0 Å². The van der Waals surface area contributed by atoms with E-state index < -0.39 is 0 Å². The summed E-state index contributed by atoms with van der Waals surface area (Å²) in [5.41, 5.74) is 3.00. The quantitative estimate of drug-likeness (QED) is 0.290. The molecule has 196 valence electrons. The Morgan fingerprint density at radius 3 is 2.05 bits per heavy atom. The van der Waals surface area contributed by atoms with Crippen molar-refractivity contribution in [1.82, 2.24) is 4.90 Å². The van der Waals surface area contributed by atoms with E-state index in [4.69, 9.17) is 21.1 Å². The minimum Gasteiger partial charge on any atom is -0.489 e. The zero-order valence-electron chi connectivity index (χ0n) is 22.5. The molecule has 0 radical (unpaired) electrons. The van der Waals surface area contributed by atoms with Gasteiger partial charge in [-0.05, 0) is 82.1 Å². The number of carbonyl (C=O) groups excluding carboxylic acids is 1. The average molecular weight is 520 g/mol. The van der Waals surface area contributed by atoms with Gasteiger partial charge in [0.25, 0.3) is 0 Å². The second kappa shape index (κ2) is 11.3. The van der Waals surface area contributed by atoms with E-state index in [0.717, 1.165) is 35.3 Å². The fourth-order valence-electron chi connectivity index (χ4n) is 5.34. The average Bonchev–Trinajstić information content (AvgIpc) is 2.86. The molecule has 1 fully saturated rings. The van der Waals surface area contributed by atoms with Crippen molar-refractivity contribution in [2.45, 2.75) is 76.7 Å². The number of esters is 1. The minimum atomic E-state index is -0.368. The van der Waals surface area contributed by atoms with Gasteiger partial charge < -0.3 is 9.47 Å². The van der Waals surface area contributed by atoms with Crippen molar-refractivity contribution in [2.75, 3.05) is 7.05 Å². The highest BCUT2D eigenvalue weighted by molar-refractivity contribution is 6.30. The van der Waals surface area contributed by atoms with Crippen LogP contribution in [0.5, 0.6) is 5.75 Å². The van der Waals surface area contributed by atoms with Crippen LogP contribution in [0.15, 0.2) is 78.9 Å². The first-order valence-electron chi connectivity index (χ1n) is 13.0. The largest absolute Gasteiger partial charge is 0.489 e. The highest BCUT2D eigenvalue weighted by atomic mass is 35.5. The van der Waals surface area contributed by atoms with Gasteiger partial charge in [0.2, 0.25) is 0 Å². The molecule has 0 N–H and O–H groups in total. The Bertz CT molecular complexity index is 1150. The molecule has 4 rings (SSSR count). The number of hydrogen-bond acceptors (Lipinski definition) is 4. The highest BCUT2D eigenvalue weighted by Gasteiger charge is 2.44. The van der Waals surface area contributed by atoms with Crippen LogP contribution in [0.3, 0.4) is 0 Å². The summed E-state index contributed by atoms with van der Waals surface area (Å²) in [4.78, 5) is 16.0. The number of halogens is 1. The topological polar surface area (TPSA) is 38.8 Å². The fourth-order valence-corrected chi connectivity index (χ4v) is 5.46. The smallest absolute Gasteiger partial charge is 0.314 e. The molecule has 1 saturated heterocycles. The lowest BCUT2D eigenvalue weighted by atomic mass is 9.78. The fraction of sp³-hybridized carbons (Fsp3) is 0.406. The molecular formula is C32H38ClNO3. The third-order valence-electron chi connectivity index (χ3n) is 7.72. The number of piperidine rings is 1. The summed E-state index contributed by atoms with van der Waals surface area (Å²) in [6.07, 6.45) is 2.10. The first kappa shape index (κ1) is 27.2. The first-order chi connectivity index (χ1) is 17.5. The summed E-state index contributed by atoms with van der Waals surface area (Å²) in [6.45, 7) is 9.36. The lowest BCUT2D eigenvalue weighted by Crippen LogP contribution is -2.60. The van der Waals surface area contributed by atoms with Gasteiger partial charge in [-0.3, -0.25) is 9.69 Å². The Hall–Kier alpha value is -2.82. The van der Waals surface area contributed by atoms with Crippen molar-refractivity contribution in [3.8, 4) is 5.75 Å². The zero-order chi connectivity index (χ0) is 26.6. The maximum atomic E-state index is 13.6. The van der Waals surface area contributed by atoms with Gasteiger partial charge in [-0.1, -0.05) is 66.2 Å². The molecule has 5 heteroatoms. The van der Waals surface area contributed by atoms with Crippen LogP contribution >= 0.6 is 11.6 Å².